The number of rotatable bonds is 4. The van der Waals surface area contributed by atoms with E-state index in [9.17, 15) is 13.2 Å². The van der Waals surface area contributed by atoms with Crippen molar-refractivity contribution in [3.63, 3.8) is 0 Å². The summed E-state index contributed by atoms with van der Waals surface area (Å²) in [6.07, 6.45) is 3.48. The molecule has 1 aromatic carbocycles. The van der Waals surface area contributed by atoms with E-state index in [0.717, 1.165) is 0 Å². The van der Waals surface area contributed by atoms with E-state index in [1.165, 1.54) is 6.08 Å². The highest BCUT2D eigenvalue weighted by atomic mass is 35.5. The molecule has 0 saturated carbocycles. The molecule has 3 rings (SSSR count). The molecule has 0 bridgehead atoms. The molecule has 0 N–H and O–H groups in total. The Kier molecular flexibility index (Phi) is 5.04. The van der Waals surface area contributed by atoms with Crippen molar-refractivity contribution in [2.24, 2.45) is 0 Å². The molecule has 0 aliphatic carbocycles. The monoisotopic (exact) mass is 398 g/mol. The second-order valence-corrected chi connectivity index (χ2v) is 8.96. The van der Waals surface area contributed by atoms with Crippen LogP contribution in [0.4, 0.5) is 0 Å². The number of allylic oxidation sites excluding steroid dienone is 1. The first-order valence-electron chi connectivity index (χ1n) is 7.70. The van der Waals surface area contributed by atoms with Crippen molar-refractivity contribution in [3.8, 4) is 0 Å². The lowest BCUT2D eigenvalue weighted by Crippen LogP contribution is -2.12. The van der Waals surface area contributed by atoms with E-state index in [-0.39, 0.29) is 23.3 Å². The number of carbonyl (C=O) groups is 1. The molecule has 0 amide bonds. The van der Waals surface area contributed by atoms with Gasteiger partial charge in [0, 0.05) is 11.1 Å². The Morgan fingerprint density at radius 2 is 2.04 bits per heavy atom. The Bertz CT molecular complexity index is 964. The van der Waals surface area contributed by atoms with Gasteiger partial charge in [0.1, 0.15) is 5.15 Å². The summed E-state index contributed by atoms with van der Waals surface area (Å²) in [5.74, 6) is -0.0595. The lowest BCUT2D eigenvalue weighted by Gasteiger charge is -2.09. The minimum Gasteiger partial charge on any atom is -0.289 e. The number of benzene rings is 1. The molecule has 2 heterocycles. The van der Waals surface area contributed by atoms with E-state index in [0.29, 0.717) is 33.4 Å². The maximum Gasteiger partial charge on any atom is 0.187 e. The summed E-state index contributed by atoms with van der Waals surface area (Å²) in [5, 5.41) is 5.07. The fourth-order valence-electron chi connectivity index (χ4n) is 2.84. The number of ketones is 1. The van der Waals surface area contributed by atoms with Crippen molar-refractivity contribution in [1.29, 1.82) is 0 Å². The van der Waals surface area contributed by atoms with Crippen LogP contribution >= 0.6 is 23.2 Å². The van der Waals surface area contributed by atoms with Crippen LogP contribution < -0.4 is 0 Å². The second-order valence-electron chi connectivity index (χ2n) is 5.97. The number of aryl methyl sites for hydroxylation is 1. The lowest BCUT2D eigenvalue weighted by molar-refractivity contribution is 0.104. The number of aromatic nitrogens is 2. The topological polar surface area (TPSA) is 69.0 Å². The maximum atomic E-state index is 12.3. The molecule has 1 aliphatic heterocycles. The first-order valence-corrected chi connectivity index (χ1v) is 10.3. The number of hydrogen-bond acceptors (Lipinski definition) is 4. The standard InChI is InChI=1S/C17H16Cl2N2O3S/c1-11-13(6-7-16(22)14-4-2-3-5-15(14)18)17(19)21(20-11)12-8-9-25(23,24)10-12/h2-7,12H,8-10H2,1H3/b7-6+/t12-/m0/s1. The lowest BCUT2D eigenvalue weighted by atomic mass is 10.1. The SMILES string of the molecule is Cc1nn([C@H]2CCS(=O)(=O)C2)c(Cl)c1/C=C/C(=O)c1ccccc1Cl. The van der Waals surface area contributed by atoms with Gasteiger partial charge in [-0.15, -0.1) is 0 Å². The van der Waals surface area contributed by atoms with Crippen molar-refractivity contribution in [2.45, 2.75) is 19.4 Å². The zero-order chi connectivity index (χ0) is 18.2. The summed E-state index contributed by atoms with van der Waals surface area (Å²) in [5.41, 5.74) is 1.65. The van der Waals surface area contributed by atoms with E-state index in [1.807, 2.05) is 0 Å². The molecule has 1 saturated heterocycles. The van der Waals surface area contributed by atoms with Crippen LogP contribution in [0.1, 0.15) is 34.1 Å². The molecule has 0 unspecified atom stereocenters. The third-order valence-electron chi connectivity index (χ3n) is 4.17. The molecular weight excluding hydrogens is 383 g/mol. The molecular formula is C17H16Cl2N2O3S. The van der Waals surface area contributed by atoms with E-state index >= 15 is 0 Å². The van der Waals surface area contributed by atoms with Gasteiger partial charge >= 0.3 is 0 Å². The third kappa shape index (κ3) is 3.81. The van der Waals surface area contributed by atoms with Crippen molar-refractivity contribution in [3.05, 3.63) is 57.3 Å². The van der Waals surface area contributed by atoms with Gasteiger partial charge in [0.15, 0.2) is 15.6 Å². The molecule has 132 valence electrons. The quantitative estimate of drug-likeness (QED) is 0.580. The van der Waals surface area contributed by atoms with Gasteiger partial charge in [-0.1, -0.05) is 35.3 Å². The average molecular weight is 399 g/mol. The van der Waals surface area contributed by atoms with Gasteiger partial charge in [-0.05, 0) is 37.6 Å². The number of nitrogens with zero attached hydrogens (tertiary/aromatic N) is 2. The zero-order valence-electron chi connectivity index (χ0n) is 13.4. The van der Waals surface area contributed by atoms with Crippen LogP contribution in [0.25, 0.3) is 6.08 Å². The van der Waals surface area contributed by atoms with Gasteiger partial charge in [0.2, 0.25) is 0 Å². The van der Waals surface area contributed by atoms with E-state index in [2.05, 4.69) is 5.10 Å². The zero-order valence-corrected chi connectivity index (χ0v) is 15.8. The minimum absolute atomic E-state index is 0.0373. The molecule has 0 spiro atoms. The summed E-state index contributed by atoms with van der Waals surface area (Å²) < 4.78 is 24.9. The molecule has 1 atom stereocenters. The second kappa shape index (κ2) is 6.94. The highest BCUT2D eigenvalue weighted by Crippen LogP contribution is 2.30. The molecule has 5 nitrogen and oxygen atoms in total. The van der Waals surface area contributed by atoms with Gasteiger partial charge in [-0.3, -0.25) is 4.79 Å². The van der Waals surface area contributed by atoms with Crippen molar-refractivity contribution >= 4 is 44.9 Å². The number of halogens is 2. The van der Waals surface area contributed by atoms with E-state index < -0.39 is 9.84 Å². The largest absolute Gasteiger partial charge is 0.289 e. The summed E-state index contributed by atoms with van der Waals surface area (Å²) in [7, 11) is -3.04. The molecule has 2 aromatic rings. The predicted octanol–water partition coefficient (Wildman–Crippen LogP) is 3.75. The fourth-order valence-corrected chi connectivity index (χ4v) is 5.14. The minimum atomic E-state index is -3.04. The van der Waals surface area contributed by atoms with Crippen molar-refractivity contribution < 1.29 is 13.2 Å². The Morgan fingerprint density at radius 1 is 1.32 bits per heavy atom. The van der Waals surface area contributed by atoms with Gasteiger partial charge < -0.3 is 0 Å². The molecule has 1 fully saturated rings. The summed E-state index contributed by atoms with van der Waals surface area (Å²) in [4.78, 5) is 12.3. The normalized spacial score (nSPS) is 19.6. The van der Waals surface area contributed by atoms with Crippen LogP contribution in [0.15, 0.2) is 30.3 Å². The summed E-state index contributed by atoms with van der Waals surface area (Å²) in [6.45, 7) is 1.77. The van der Waals surface area contributed by atoms with Crippen molar-refractivity contribution in [2.75, 3.05) is 11.5 Å². The summed E-state index contributed by atoms with van der Waals surface area (Å²) >= 11 is 12.4. The molecule has 8 heteroatoms. The van der Waals surface area contributed by atoms with E-state index in [4.69, 9.17) is 23.2 Å². The first-order chi connectivity index (χ1) is 11.8. The van der Waals surface area contributed by atoms with Crippen molar-refractivity contribution in [1.82, 2.24) is 9.78 Å². The van der Waals surface area contributed by atoms with E-state index in [1.54, 1.807) is 41.9 Å². The molecule has 25 heavy (non-hydrogen) atoms. The highest BCUT2D eigenvalue weighted by Gasteiger charge is 2.31. The predicted molar refractivity (Wildman–Crippen MR) is 99.1 cm³/mol. The number of sulfone groups is 1. The Balaban J connectivity index is 1.86. The van der Waals surface area contributed by atoms with Gasteiger partial charge in [0.25, 0.3) is 0 Å². The highest BCUT2D eigenvalue weighted by molar-refractivity contribution is 7.91. The fraction of sp³-hybridized carbons (Fsp3) is 0.294. The van der Waals surface area contributed by atoms with Crippen LogP contribution in [0, 0.1) is 6.92 Å². The number of hydrogen-bond donors (Lipinski definition) is 0. The Morgan fingerprint density at radius 3 is 2.68 bits per heavy atom. The third-order valence-corrected chi connectivity index (χ3v) is 6.62. The van der Waals surface area contributed by atoms with Crippen LogP contribution in [0.5, 0.6) is 0 Å². The van der Waals surface area contributed by atoms with Crippen LogP contribution in [-0.4, -0.2) is 35.5 Å². The maximum absolute atomic E-state index is 12.3. The first kappa shape index (κ1) is 18.2. The average Bonchev–Trinajstić information content (AvgIpc) is 3.05. The Hall–Kier alpha value is -1.63. The van der Waals surface area contributed by atoms with Crippen LogP contribution in [-0.2, 0) is 9.84 Å². The Labute approximate surface area is 156 Å². The smallest absolute Gasteiger partial charge is 0.187 e. The summed E-state index contributed by atoms with van der Waals surface area (Å²) in [6, 6.07) is 6.53. The molecule has 1 aromatic heterocycles. The van der Waals surface area contributed by atoms with Gasteiger partial charge in [-0.25, -0.2) is 13.1 Å². The van der Waals surface area contributed by atoms with Crippen LogP contribution in [0.2, 0.25) is 10.2 Å². The molecule has 0 radical (unpaired) electrons. The van der Waals surface area contributed by atoms with Gasteiger partial charge in [-0.2, -0.15) is 5.10 Å². The number of carbonyl (C=O) groups excluding carboxylic acids is 1. The van der Waals surface area contributed by atoms with Gasteiger partial charge in [0.05, 0.1) is 28.3 Å². The molecule has 1 aliphatic rings. The van der Waals surface area contributed by atoms with Crippen LogP contribution in [0.3, 0.4) is 0 Å².